The summed E-state index contributed by atoms with van der Waals surface area (Å²) in [5.74, 6) is 1.78. The Balaban J connectivity index is 1.17. The molecule has 430 valence electrons. The van der Waals surface area contributed by atoms with Crippen LogP contribution in [0, 0.1) is 0 Å². The highest BCUT2D eigenvalue weighted by Crippen LogP contribution is 2.50. The summed E-state index contributed by atoms with van der Waals surface area (Å²) in [6.07, 6.45) is 0. The van der Waals surface area contributed by atoms with Crippen molar-refractivity contribution < 1.29 is 4.74 Å². The molecule has 3 aliphatic rings. The first-order chi connectivity index (χ1) is 42.7. The van der Waals surface area contributed by atoms with E-state index in [1.807, 2.05) is 22.7 Å². The summed E-state index contributed by atoms with van der Waals surface area (Å²) in [6, 6.07) is 76.3. The number of hydrogen-bond acceptors (Lipinski definition) is 3. The molecule has 0 saturated carbocycles. The number of para-hydroxylation sites is 2. The quantitative estimate of drug-likeness (QED) is 0.161. The smallest absolute Gasteiger partial charge is 0.252 e. The summed E-state index contributed by atoms with van der Waals surface area (Å²) < 4.78 is 17.9. The van der Waals surface area contributed by atoms with Crippen LogP contribution in [-0.2, 0) is 21.7 Å². The molecule has 0 bridgehead atoms. The van der Waals surface area contributed by atoms with Crippen LogP contribution in [0.5, 0.6) is 11.5 Å². The highest BCUT2D eigenvalue weighted by molar-refractivity contribution is 7.26. The molecule has 0 saturated heterocycles. The molecule has 0 aliphatic carbocycles. The first-order valence-electron chi connectivity index (χ1n) is 31.9. The number of ether oxygens (including phenoxy) is 1. The number of benzene rings is 11. The van der Waals surface area contributed by atoms with Crippen molar-refractivity contribution in [3.63, 3.8) is 0 Å². The van der Waals surface area contributed by atoms with Gasteiger partial charge >= 0.3 is 0 Å². The van der Waals surface area contributed by atoms with Crippen molar-refractivity contribution in [3.8, 4) is 45.1 Å². The van der Waals surface area contributed by atoms with Crippen LogP contribution in [0.4, 0.5) is 0 Å². The zero-order valence-electron chi connectivity index (χ0n) is 52.7. The SMILES string of the molecule is CC(C)(C)c1ccc2c(c1)c1cc(C(C)(C)C)cc3c1n2-c1c2c(c(-c4ccc5sc6ccccc6c5c4)c(B4c5ccccc5Oc5ccccc54)c1-c1ccc4sc5ccccc5c4c1)-n1c4ccc(C(C)(C)C)cc4c4cc(C(C)(C)C)cc(c41)B23. The van der Waals surface area contributed by atoms with E-state index >= 15 is 0 Å². The Morgan fingerprint density at radius 1 is 0.315 bits per heavy atom. The zero-order valence-corrected chi connectivity index (χ0v) is 54.4. The van der Waals surface area contributed by atoms with Gasteiger partial charge in [-0.15, -0.1) is 22.7 Å². The van der Waals surface area contributed by atoms with E-state index in [9.17, 15) is 0 Å². The third-order valence-corrected chi connectivity index (χ3v) is 22.7. The molecule has 7 heteroatoms. The number of thiophene rings is 2. The van der Waals surface area contributed by atoms with Gasteiger partial charge in [0.2, 0.25) is 0 Å². The average molecular weight is 1180 g/mol. The third kappa shape index (κ3) is 7.52. The van der Waals surface area contributed by atoms with Crippen LogP contribution in [-0.4, -0.2) is 22.6 Å². The fraction of sp³-hybridized carbons (Fsp3) is 0.195. The van der Waals surface area contributed by atoms with E-state index in [4.69, 9.17) is 4.74 Å². The second-order valence-electron chi connectivity index (χ2n) is 30.0. The second-order valence-corrected chi connectivity index (χ2v) is 32.2. The molecule has 0 amide bonds. The second kappa shape index (κ2) is 18.1. The van der Waals surface area contributed by atoms with Crippen LogP contribution in [0.2, 0.25) is 0 Å². The minimum absolute atomic E-state index is 0.0785. The summed E-state index contributed by atoms with van der Waals surface area (Å²) >= 11 is 3.79. The Labute approximate surface area is 529 Å². The van der Waals surface area contributed by atoms with Crippen molar-refractivity contribution in [2.75, 3.05) is 0 Å². The predicted octanol–water partition coefficient (Wildman–Crippen LogP) is 18.9. The Bertz CT molecular complexity index is 5320. The fourth-order valence-corrected chi connectivity index (χ4v) is 18.1. The lowest BCUT2D eigenvalue weighted by molar-refractivity contribution is 0.487. The van der Waals surface area contributed by atoms with Crippen molar-refractivity contribution >= 4 is 153 Å². The third-order valence-electron chi connectivity index (χ3n) is 20.4. The Morgan fingerprint density at radius 2 is 0.697 bits per heavy atom. The molecule has 0 unspecified atom stereocenters. The number of nitrogens with zero attached hydrogens (tertiary/aromatic N) is 2. The molecule has 0 atom stereocenters. The van der Waals surface area contributed by atoms with E-state index < -0.39 is 0 Å². The van der Waals surface area contributed by atoms with Gasteiger partial charge in [-0.3, -0.25) is 0 Å². The summed E-state index contributed by atoms with van der Waals surface area (Å²) in [6.45, 7) is 28.2. The monoisotopic (exact) mass is 1180 g/mol. The van der Waals surface area contributed by atoms with Crippen molar-refractivity contribution in [1.29, 1.82) is 0 Å². The van der Waals surface area contributed by atoms with Crippen LogP contribution in [0.25, 0.3) is 118 Å². The van der Waals surface area contributed by atoms with E-state index in [0.29, 0.717) is 0 Å². The summed E-state index contributed by atoms with van der Waals surface area (Å²) in [5, 5.41) is 10.4. The summed E-state index contributed by atoms with van der Waals surface area (Å²) in [4.78, 5) is 0. The minimum atomic E-state index is -0.269. The lowest BCUT2D eigenvalue weighted by atomic mass is 9.31. The molecule has 15 aromatic rings. The molecule has 0 fully saturated rings. The maximum atomic E-state index is 7.13. The minimum Gasteiger partial charge on any atom is -0.458 e. The molecular formula is C82H68B2N2OS2. The molecule has 3 aliphatic heterocycles. The van der Waals surface area contributed by atoms with Crippen LogP contribution in [0.1, 0.15) is 105 Å². The highest BCUT2D eigenvalue weighted by Gasteiger charge is 2.48. The van der Waals surface area contributed by atoms with Crippen LogP contribution >= 0.6 is 22.7 Å². The molecule has 0 radical (unpaired) electrons. The van der Waals surface area contributed by atoms with Crippen LogP contribution in [0.15, 0.2) is 194 Å². The van der Waals surface area contributed by atoms with Gasteiger partial charge in [-0.2, -0.15) is 0 Å². The number of rotatable bonds is 3. The van der Waals surface area contributed by atoms with Gasteiger partial charge in [0.1, 0.15) is 11.5 Å². The summed E-state index contributed by atoms with van der Waals surface area (Å²) in [5.41, 5.74) is 25.1. The van der Waals surface area contributed by atoms with Gasteiger partial charge in [0.15, 0.2) is 0 Å². The normalized spacial score (nSPS) is 13.9. The van der Waals surface area contributed by atoms with Gasteiger partial charge in [0.05, 0.1) is 22.4 Å². The standard InChI is InChI=1S/C82H68B2N2OS2/c1-79(2,3)47-31-33-63-53(39-47)57-41-49(81(7,8)9)43-61-75(57)85(63)77-71(45-29-35-69-55(37-45)51-21-13-19-27-67(51)88-69)73(83-59-23-15-17-25-65(59)87-66-26-18-16-24-60(66)83)72(46-30-36-70-56(38-46)52-22-14-20-28-68(52)89-70)78-74(77)84(61)62-44-50(82(10,11)12)42-58-54-40-48(80(4,5)6)32-34-64(54)86(78)76(58)62/h13-44H,1-12H3. The van der Waals surface area contributed by atoms with Crippen LogP contribution < -0.4 is 37.5 Å². The number of hydrogen-bond donors (Lipinski definition) is 0. The molecule has 0 N–H and O–H groups in total. The number of aromatic nitrogens is 2. The maximum absolute atomic E-state index is 7.13. The van der Waals surface area contributed by atoms with Crippen molar-refractivity contribution in [1.82, 2.24) is 9.13 Å². The first-order valence-corrected chi connectivity index (χ1v) is 33.5. The van der Waals surface area contributed by atoms with E-state index in [-0.39, 0.29) is 35.1 Å². The van der Waals surface area contributed by atoms with Gasteiger partial charge in [0, 0.05) is 84.0 Å². The molecule has 18 rings (SSSR count). The highest BCUT2D eigenvalue weighted by atomic mass is 32.1. The Kier molecular flexibility index (Phi) is 10.8. The van der Waals surface area contributed by atoms with E-state index in [2.05, 4.69) is 286 Å². The number of fused-ring (bicyclic) bond motifs is 18. The van der Waals surface area contributed by atoms with Gasteiger partial charge in [-0.05, 0) is 173 Å². The van der Waals surface area contributed by atoms with E-state index in [1.54, 1.807) is 0 Å². The van der Waals surface area contributed by atoms with E-state index in [1.165, 1.54) is 162 Å². The van der Waals surface area contributed by atoms with Gasteiger partial charge < -0.3 is 13.9 Å². The Hall–Kier alpha value is -8.61. The summed E-state index contributed by atoms with van der Waals surface area (Å²) in [7, 11) is 0. The largest absolute Gasteiger partial charge is 0.458 e. The molecule has 0 spiro atoms. The molecule has 7 heterocycles. The molecular weight excluding hydrogens is 1110 g/mol. The molecule has 3 nitrogen and oxygen atoms in total. The topological polar surface area (TPSA) is 19.1 Å². The molecule has 4 aromatic heterocycles. The van der Waals surface area contributed by atoms with Crippen molar-refractivity contribution in [2.24, 2.45) is 0 Å². The zero-order chi connectivity index (χ0) is 60.7. The van der Waals surface area contributed by atoms with Crippen molar-refractivity contribution in [3.05, 3.63) is 216 Å². The van der Waals surface area contributed by atoms with Gasteiger partial charge in [0.25, 0.3) is 13.4 Å². The Morgan fingerprint density at radius 3 is 1.13 bits per heavy atom. The lowest BCUT2D eigenvalue weighted by Gasteiger charge is -2.40. The predicted molar refractivity (Wildman–Crippen MR) is 389 cm³/mol. The maximum Gasteiger partial charge on any atom is 0.252 e. The van der Waals surface area contributed by atoms with Gasteiger partial charge in [-0.1, -0.05) is 192 Å². The average Bonchev–Trinajstić information content (AvgIpc) is 1.66. The molecule has 11 aromatic carbocycles. The lowest BCUT2D eigenvalue weighted by Crippen LogP contribution is -2.62. The van der Waals surface area contributed by atoms with Crippen LogP contribution in [0.3, 0.4) is 0 Å². The van der Waals surface area contributed by atoms with Gasteiger partial charge in [-0.25, -0.2) is 0 Å². The molecule has 89 heavy (non-hydrogen) atoms. The first kappa shape index (κ1) is 53.4. The van der Waals surface area contributed by atoms with E-state index in [0.717, 1.165) is 22.4 Å². The van der Waals surface area contributed by atoms with Crippen molar-refractivity contribution in [2.45, 2.75) is 105 Å². The fourth-order valence-electron chi connectivity index (χ4n) is 15.9.